The molecule has 1 aromatic carbocycles. The van der Waals surface area contributed by atoms with E-state index in [1.54, 1.807) is 22.9 Å². The van der Waals surface area contributed by atoms with Gasteiger partial charge in [0.2, 0.25) is 0 Å². The number of nitrogen functional groups attached to an aromatic ring is 1. The van der Waals surface area contributed by atoms with Crippen molar-refractivity contribution in [3.05, 3.63) is 76.9 Å². The Labute approximate surface area is 165 Å². The van der Waals surface area contributed by atoms with E-state index in [9.17, 15) is 10.1 Å². The standard InChI is InChI=1S/C20H16N8O/c21-11-14-16(22)23-12-24-17(14)26-20(8-9-20)18-25-15-7-4-10-27(15)19(29)28(18)13-5-2-1-3-6-13/h1-7,10,12H,8-9H2,(H3,22,23,24,26). The maximum absolute atomic E-state index is 13.3. The molecule has 0 atom stereocenters. The zero-order valence-corrected chi connectivity index (χ0v) is 15.3. The minimum atomic E-state index is -0.632. The highest BCUT2D eigenvalue weighted by Crippen LogP contribution is 2.48. The minimum absolute atomic E-state index is 0.108. The molecule has 0 unspecified atom stereocenters. The molecule has 1 saturated carbocycles. The zero-order valence-electron chi connectivity index (χ0n) is 15.3. The van der Waals surface area contributed by atoms with Gasteiger partial charge in [-0.25, -0.2) is 24.3 Å². The topological polar surface area (TPSA) is 127 Å². The highest BCUT2D eigenvalue weighted by atomic mass is 16.1. The number of aromatic nitrogens is 5. The van der Waals surface area contributed by atoms with Gasteiger partial charge in [-0.1, -0.05) is 18.2 Å². The van der Waals surface area contributed by atoms with Gasteiger partial charge < -0.3 is 11.1 Å². The summed E-state index contributed by atoms with van der Waals surface area (Å²) in [7, 11) is 0. The van der Waals surface area contributed by atoms with Crippen LogP contribution in [0.2, 0.25) is 0 Å². The number of para-hydroxylation sites is 1. The predicted octanol–water partition coefficient (Wildman–Crippen LogP) is 1.83. The van der Waals surface area contributed by atoms with Crippen LogP contribution in [0.4, 0.5) is 11.6 Å². The van der Waals surface area contributed by atoms with Crippen LogP contribution >= 0.6 is 0 Å². The van der Waals surface area contributed by atoms with Crippen LogP contribution < -0.4 is 16.7 Å². The normalized spacial score (nSPS) is 14.4. The lowest BCUT2D eigenvalue weighted by Gasteiger charge is -2.22. The monoisotopic (exact) mass is 384 g/mol. The fourth-order valence-corrected chi connectivity index (χ4v) is 3.47. The van der Waals surface area contributed by atoms with E-state index >= 15 is 0 Å². The number of hydrogen-bond acceptors (Lipinski definition) is 7. The Bertz CT molecular complexity index is 1330. The van der Waals surface area contributed by atoms with Crippen molar-refractivity contribution in [2.24, 2.45) is 0 Å². The predicted molar refractivity (Wildman–Crippen MR) is 106 cm³/mol. The Kier molecular flexibility index (Phi) is 3.61. The molecule has 5 rings (SSSR count). The molecule has 0 aliphatic heterocycles. The smallest absolute Gasteiger partial charge is 0.339 e. The molecule has 3 heterocycles. The lowest BCUT2D eigenvalue weighted by atomic mass is 10.2. The van der Waals surface area contributed by atoms with Crippen molar-refractivity contribution in [1.29, 1.82) is 5.26 Å². The molecule has 0 bridgehead atoms. The Morgan fingerprint density at radius 3 is 2.66 bits per heavy atom. The van der Waals surface area contributed by atoms with Crippen LogP contribution in [-0.2, 0) is 5.54 Å². The van der Waals surface area contributed by atoms with Gasteiger partial charge in [-0.2, -0.15) is 5.26 Å². The van der Waals surface area contributed by atoms with E-state index in [1.807, 2.05) is 36.4 Å². The Balaban J connectivity index is 1.72. The third-order valence-corrected chi connectivity index (χ3v) is 5.10. The van der Waals surface area contributed by atoms with E-state index in [-0.39, 0.29) is 17.1 Å². The second-order valence-corrected chi connectivity index (χ2v) is 6.93. The molecule has 9 heteroatoms. The first kappa shape index (κ1) is 16.9. The first-order valence-corrected chi connectivity index (χ1v) is 9.08. The molecule has 0 radical (unpaired) electrons. The van der Waals surface area contributed by atoms with E-state index in [0.717, 1.165) is 12.8 Å². The molecule has 3 aromatic heterocycles. The summed E-state index contributed by atoms with van der Waals surface area (Å²) in [5, 5.41) is 12.8. The number of hydrogen-bond donors (Lipinski definition) is 2. The van der Waals surface area contributed by atoms with Gasteiger partial charge in [0.15, 0.2) is 0 Å². The molecular weight excluding hydrogens is 368 g/mol. The average Bonchev–Trinajstić information content (AvgIpc) is 3.35. The number of fused-ring (bicyclic) bond motifs is 1. The van der Waals surface area contributed by atoms with Gasteiger partial charge in [0.25, 0.3) is 0 Å². The number of nitrogens with zero attached hydrogens (tertiary/aromatic N) is 6. The van der Waals surface area contributed by atoms with Gasteiger partial charge in [-0.15, -0.1) is 0 Å². The first-order valence-electron chi connectivity index (χ1n) is 9.08. The average molecular weight is 384 g/mol. The number of anilines is 2. The van der Waals surface area contributed by atoms with Gasteiger partial charge in [0.1, 0.15) is 41.1 Å². The van der Waals surface area contributed by atoms with Crippen molar-refractivity contribution in [3.8, 4) is 11.8 Å². The maximum Gasteiger partial charge on any atom is 0.339 e. The van der Waals surface area contributed by atoms with Gasteiger partial charge in [0.05, 0.1) is 11.2 Å². The van der Waals surface area contributed by atoms with Crippen molar-refractivity contribution in [3.63, 3.8) is 0 Å². The van der Waals surface area contributed by atoms with Crippen molar-refractivity contribution < 1.29 is 0 Å². The van der Waals surface area contributed by atoms with Crippen LogP contribution in [0.25, 0.3) is 11.3 Å². The number of nitrogens with two attached hydrogens (primary N) is 1. The molecule has 1 aliphatic rings. The van der Waals surface area contributed by atoms with Crippen LogP contribution in [0.5, 0.6) is 0 Å². The lowest BCUT2D eigenvalue weighted by molar-refractivity contribution is 0.652. The Morgan fingerprint density at radius 2 is 1.93 bits per heavy atom. The molecule has 9 nitrogen and oxygen atoms in total. The molecule has 29 heavy (non-hydrogen) atoms. The molecule has 0 spiro atoms. The van der Waals surface area contributed by atoms with E-state index < -0.39 is 5.54 Å². The van der Waals surface area contributed by atoms with Crippen LogP contribution in [-0.4, -0.2) is 23.9 Å². The summed E-state index contributed by atoms with van der Waals surface area (Å²) in [6.07, 6.45) is 4.47. The van der Waals surface area contributed by atoms with E-state index in [2.05, 4.69) is 15.3 Å². The number of nitriles is 1. The fraction of sp³-hybridized carbons (Fsp3) is 0.150. The maximum atomic E-state index is 13.3. The highest BCUT2D eigenvalue weighted by molar-refractivity contribution is 5.64. The van der Waals surface area contributed by atoms with Gasteiger partial charge >= 0.3 is 5.69 Å². The van der Waals surface area contributed by atoms with Crippen LogP contribution in [0.3, 0.4) is 0 Å². The summed E-state index contributed by atoms with van der Waals surface area (Å²) in [6.45, 7) is 0. The van der Waals surface area contributed by atoms with Crippen LogP contribution in [0.15, 0.2) is 59.8 Å². The van der Waals surface area contributed by atoms with Crippen LogP contribution in [0.1, 0.15) is 24.2 Å². The summed E-state index contributed by atoms with van der Waals surface area (Å²) < 4.78 is 3.11. The second-order valence-electron chi connectivity index (χ2n) is 6.93. The lowest BCUT2D eigenvalue weighted by Crippen LogP contribution is -2.35. The summed E-state index contributed by atoms with van der Waals surface area (Å²) >= 11 is 0. The molecule has 0 amide bonds. The molecule has 1 fully saturated rings. The second kappa shape index (κ2) is 6.17. The quantitative estimate of drug-likeness (QED) is 0.549. The summed E-state index contributed by atoms with van der Waals surface area (Å²) in [5.41, 5.74) is 6.44. The van der Waals surface area contributed by atoms with Gasteiger partial charge in [0, 0.05) is 6.20 Å². The largest absolute Gasteiger partial charge is 0.382 e. The van der Waals surface area contributed by atoms with E-state index in [4.69, 9.17) is 10.7 Å². The summed E-state index contributed by atoms with van der Waals surface area (Å²) in [6, 6.07) is 15.0. The summed E-state index contributed by atoms with van der Waals surface area (Å²) in [5.74, 6) is 1.01. The highest BCUT2D eigenvalue weighted by Gasteiger charge is 2.49. The Hall–Kier alpha value is -4.19. The molecule has 1 aliphatic carbocycles. The third-order valence-electron chi connectivity index (χ3n) is 5.10. The van der Waals surface area contributed by atoms with Crippen molar-refractivity contribution in [2.45, 2.75) is 18.4 Å². The fourth-order valence-electron chi connectivity index (χ4n) is 3.47. The molecular formula is C20H16N8O. The van der Waals surface area contributed by atoms with E-state index in [0.29, 0.717) is 23.0 Å². The first-order chi connectivity index (χ1) is 14.1. The van der Waals surface area contributed by atoms with E-state index in [1.165, 1.54) is 10.7 Å². The summed E-state index contributed by atoms with van der Waals surface area (Å²) in [4.78, 5) is 26.1. The molecule has 142 valence electrons. The number of rotatable bonds is 4. The molecule has 3 N–H and O–H groups in total. The number of benzene rings is 1. The third kappa shape index (κ3) is 2.62. The van der Waals surface area contributed by atoms with Gasteiger partial charge in [-0.3, -0.25) is 4.40 Å². The number of nitrogens with one attached hydrogen (secondary N) is 1. The SMILES string of the molecule is N#Cc1c(N)ncnc1NC1(c2nc3cccn3c(=O)n2-c2ccccc2)CC1. The van der Waals surface area contributed by atoms with Crippen LogP contribution in [0, 0.1) is 11.3 Å². The minimum Gasteiger partial charge on any atom is -0.382 e. The van der Waals surface area contributed by atoms with Gasteiger partial charge in [-0.05, 0) is 37.1 Å². The van der Waals surface area contributed by atoms with Crippen molar-refractivity contribution in [2.75, 3.05) is 11.1 Å². The Morgan fingerprint density at radius 1 is 1.14 bits per heavy atom. The zero-order chi connectivity index (χ0) is 20.0. The molecule has 4 aromatic rings. The molecule has 0 saturated heterocycles. The van der Waals surface area contributed by atoms with Crippen molar-refractivity contribution in [1.82, 2.24) is 23.9 Å². The van der Waals surface area contributed by atoms with Crippen molar-refractivity contribution >= 4 is 17.3 Å².